The molecule has 0 N–H and O–H groups in total. The van der Waals surface area contributed by atoms with E-state index in [1.54, 1.807) is 0 Å². The molecule has 0 spiro atoms. The predicted octanol–water partition coefficient (Wildman–Crippen LogP) is 3.33. The lowest BCUT2D eigenvalue weighted by Gasteiger charge is -2.51. The van der Waals surface area contributed by atoms with Gasteiger partial charge in [-0.05, 0) is 50.3 Å². The summed E-state index contributed by atoms with van der Waals surface area (Å²) in [6.07, 6.45) is 6.36. The number of carbonyl (C=O) groups excluding carboxylic acids is 1. The van der Waals surface area contributed by atoms with Crippen molar-refractivity contribution in [2.24, 2.45) is 5.92 Å². The summed E-state index contributed by atoms with van der Waals surface area (Å²) in [4.78, 5) is 12.0. The average molecular weight is 332 g/mol. The fourth-order valence-corrected chi connectivity index (χ4v) is 4.52. The molecule has 24 heavy (non-hydrogen) atoms. The Morgan fingerprint density at radius 3 is 2.88 bits per heavy atom. The van der Waals surface area contributed by atoms with Crippen LogP contribution in [0.1, 0.15) is 37.7 Å². The van der Waals surface area contributed by atoms with Crippen LogP contribution in [-0.4, -0.2) is 49.8 Å². The molecule has 3 rings (SSSR count). The summed E-state index contributed by atoms with van der Waals surface area (Å²) in [5, 5.41) is 0. The number of quaternary nitrogens is 1. The number of rotatable bonds is 5. The van der Waals surface area contributed by atoms with Crippen LogP contribution in [0.25, 0.3) is 0 Å². The van der Waals surface area contributed by atoms with Crippen molar-refractivity contribution in [2.75, 3.05) is 33.4 Å². The minimum atomic E-state index is -0.257. The SMILES string of the molecule is Cc1cccc(OCC(=O)OC[C@H]2CCC[N@@+]3(C)CCCC[C@@H]23)c1. The van der Waals surface area contributed by atoms with E-state index in [0.717, 1.165) is 11.3 Å². The number of carbonyl (C=O) groups is 1. The van der Waals surface area contributed by atoms with Gasteiger partial charge in [0.1, 0.15) is 5.75 Å². The largest absolute Gasteiger partial charge is 0.482 e. The molecule has 132 valence electrons. The summed E-state index contributed by atoms with van der Waals surface area (Å²) in [5.41, 5.74) is 1.12. The minimum Gasteiger partial charge on any atom is -0.482 e. The Labute approximate surface area is 145 Å². The van der Waals surface area contributed by atoms with Crippen molar-refractivity contribution >= 4 is 5.97 Å². The quantitative estimate of drug-likeness (QED) is 0.613. The maximum atomic E-state index is 12.0. The molecule has 0 bridgehead atoms. The zero-order valence-electron chi connectivity index (χ0n) is 15.0. The van der Waals surface area contributed by atoms with Crippen LogP contribution in [0.2, 0.25) is 0 Å². The molecule has 2 aliphatic heterocycles. The van der Waals surface area contributed by atoms with Crippen LogP contribution in [0.4, 0.5) is 0 Å². The van der Waals surface area contributed by atoms with E-state index in [2.05, 4.69) is 7.05 Å². The maximum absolute atomic E-state index is 12.0. The molecule has 1 aromatic carbocycles. The lowest BCUT2D eigenvalue weighted by Crippen LogP contribution is -2.61. The van der Waals surface area contributed by atoms with Gasteiger partial charge in [0.25, 0.3) is 0 Å². The second-order valence-electron chi connectivity index (χ2n) is 7.68. The maximum Gasteiger partial charge on any atom is 0.344 e. The van der Waals surface area contributed by atoms with E-state index in [4.69, 9.17) is 9.47 Å². The molecule has 2 fully saturated rings. The summed E-state index contributed by atoms with van der Waals surface area (Å²) in [6, 6.07) is 8.40. The van der Waals surface area contributed by atoms with Crippen LogP contribution in [0.15, 0.2) is 24.3 Å². The van der Waals surface area contributed by atoms with E-state index in [0.29, 0.717) is 18.6 Å². The number of hydrogen-bond acceptors (Lipinski definition) is 3. The molecule has 0 unspecified atom stereocenters. The summed E-state index contributed by atoms with van der Waals surface area (Å²) in [6.45, 7) is 5.12. The first-order chi connectivity index (χ1) is 11.6. The Hall–Kier alpha value is -1.55. The average Bonchev–Trinajstić information content (AvgIpc) is 2.57. The van der Waals surface area contributed by atoms with Crippen molar-refractivity contribution < 1.29 is 18.8 Å². The number of ether oxygens (including phenoxy) is 2. The topological polar surface area (TPSA) is 35.5 Å². The van der Waals surface area contributed by atoms with Gasteiger partial charge in [-0.1, -0.05) is 12.1 Å². The second-order valence-corrected chi connectivity index (χ2v) is 7.68. The van der Waals surface area contributed by atoms with Gasteiger partial charge in [-0.15, -0.1) is 0 Å². The number of esters is 1. The predicted molar refractivity (Wildman–Crippen MR) is 93.9 cm³/mol. The minimum absolute atomic E-state index is 0.00698. The number of nitrogens with zero attached hydrogens (tertiary/aromatic N) is 1. The van der Waals surface area contributed by atoms with Crippen LogP contribution >= 0.6 is 0 Å². The highest BCUT2D eigenvalue weighted by molar-refractivity contribution is 5.71. The lowest BCUT2D eigenvalue weighted by molar-refractivity contribution is -0.947. The molecule has 3 atom stereocenters. The summed E-state index contributed by atoms with van der Waals surface area (Å²) >= 11 is 0. The summed E-state index contributed by atoms with van der Waals surface area (Å²) < 4.78 is 12.3. The molecule has 2 heterocycles. The fourth-order valence-electron chi connectivity index (χ4n) is 4.52. The van der Waals surface area contributed by atoms with Crippen molar-refractivity contribution in [1.82, 2.24) is 0 Å². The highest BCUT2D eigenvalue weighted by Crippen LogP contribution is 2.36. The molecule has 4 heteroatoms. The van der Waals surface area contributed by atoms with E-state index >= 15 is 0 Å². The van der Waals surface area contributed by atoms with E-state index in [1.165, 1.54) is 49.7 Å². The van der Waals surface area contributed by atoms with Crippen molar-refractivity contribution in [1.29, 1.82) is 0 Å². The van der Waals surface area contributed by atoms with E-state index < -0.39 is 0 Å². The lowest BCUT2D eigenvalue weighted by atomic mass is 9.82. The van der Waals surface area contributed by atoms with Crippen molar-refractivity contribution in [3.63, 3.8) is 0 Å². The van der Waals surface area contributed by atoms with Gasteiger partial charge in [0.2, 0.25) is 0 Å². The Morgan fingerprint density at radius 2 is 2.04 bits per heavy atom. The highest BCUT2D eigenvalue weighted by atomic mass is 16.6. The third-order valence-electron chi connectivity index (χ3n) is 5.81. The number of hydrogen-bond donors (Lipinski definition) is 0. The first kappa shape index (κ1) is 17.3. The molecule has 0 radical (unpaired) electrons. The summed E-state index contributed by atoms with van der Waals surface area (Å²) in [7, 11) is 2.39. The van der Waals surface area contributed by atoms with Crippen LogP contribution in [0.3, 0.4) is 0 Å². The van der Waals surface area contributed by atoms with Crippen LogP contribution in [0.5, 0.6) is 5.75 Å². The molecule has 2 aliphatic rings. The smallest absolute Gasteiger partial charge is 0.344 e. The fraction of sp³-hybridized carbons (Fsp3) is 0.650. The first-order valence-electron chi connectivity index (χ1n) is 9.26. The molecule has 0 aliphatic carbocycles. The highest BCUT2D eigenvalue weighted by Gasteiger charge is 2.43. The molecular formula is C20H30NO3+. The van der Waals surface area contributed by atoms with Gasteiger partial charge in [-0.3, -0.25) is 0 Å². The van der Waals surface area contributed by atoms with Crippen molar-refractivity contribution in [3.05, 3.63) is 29.8 Å². The van der Waals surface area contributed by atoms with E-state index in [9.17, 15) is 4.79 Å². The van der Waals surface area contributed by atoms with E-state index in [-0.39, 0.29) is 12.6 Å². The molecule has 0 amide bonds. The summed E-state index contributed by atoms with van der Waals surface area (Å²) in [5.74, 6) is 0.972. The van der Waals surface area contributed by atoms with Gasteiger partial charge < -0.3 is 14.0 Å². The molecule has 2 saturated heterocycles. The normalized spacial score (nSPS) is 29.6. The second kappa shape index (κ2) is 7.56. The Bertz CT molecular complexity index is 570. The first-order valence-corrected chi connectivity index (χ1v) is 9.26. The van der Waals surface area contributed by atoms with Gasteiger partial charge in [0.15, 0.2) is 6.61 Å². The number of aryl methyl sites for hydroxylation is 1. The zero-order valence-corrected chi connectivity index (χ0v) is 15.0. The van der Waals surface area contributed by atoms with Gasteiger partial charge in [0.05, 0.1) is 32.8 Å². The molecule has 0 saturated carbocycles. The number of piperidine rings is 2. The van der Waals surface area contributed by atoms with Crippen LogP contribution < -0.4 is 4.74 Å². The molecule has 1 aromatic rings. The standard InChI is InChI=1S/C20H30NO3/c1-16-7-5-9-18(13-16)23-15-20(22)24-14-17-8-6-12-21(2)11-4-3-10-19(17)21/h5,7,9,13,17,19H,3-4,6,8,10-12,14-15H2,1-2H3/q+1/t17-,19+,21-/m1/s1. The Morgan fingerprint density at radius 1 is 1.21 bits per heavy atom. The van der Waals surface area contributed by atoms with Crippen molar-refractivity contribution in [2.45, 2.75) is 45.1 Å². The van der Waals surface area contributed by atoms with Crippen LogP contribution in [0, 0.1) is 12.8 Å². The molecule has 0 aromatic heterocycles. The Kier molecular flexibility index (Phi) is 5.44. The molecule has 4 nitrogen and oxygen atoms in total. The third kappa shape index (κ3) is 4.10. The van der Waals surface area contributed by atoms with Gasteiger partial charge in [0, 0.05) is 12.3 Å². The van der Waals surface area contributed by atoms with E-state index in [1.807, 2.05) is 31.2 Å². The van der Waals surface area contributed by atoms with Crippen LogP contribution in [-0.2, 0) is 9.53 Å². The molecular weight excluding hydrogens is 302 g/mol. The van der Waals surface area contributed by atoms with Gasteiger partial charge in [-0.25, -0.2) is 4.79 Å². The Balaban J connectivity index is 1.47. The number of benzene rings is 1. The zero-order chi connectivity index (χ0) is 17.0. The van der Waals surface area contributed by atoms with Crippen molar-refractivity contribution in [3.8, 4) is 5.75 Å². The van der Waals surface area contributed by atoms with Gasteiger partial charge in [-0.2, -0.15) is 0 Å². The van der Waals surface area contributed by atoms with Gasteiger partial charge >= 0.3 is 5.97 Å². The number of fused-ring (bicyclic) bond motifs is 1. The third-order valence-corrected chi connectivity index (χ3v) is 5.81. The monoisotopic (exact) mass is 332 g/mol.